The summed E-state index contributed by atoms with van der Waals surface area (Å²) >= 11 is 3.40. The highest BCUT2D eigenvalue weighted by Crippen LogP contribution is 2.30. The molecule has 0 amide bonds. The fourth-order valence-electron chi connectivity index (χ4n) is 3.20. The molecule has 1 aromatic heterocycles. The first-order valence-corrected chi connectivity index (χ1v) is 9.53. The van der Waals surface area contributed by atoms with Crippen molar-refractivity contribution >= 4 is 26.9 Å². The fraction of sp³-hybridized carbons (Fsp3) is 0.250. The van der Waals surface area contributed by atoms with Gasteiger partial charge in [-0.1, -0.05) is 12.1 Å². The second kappa shape index (κ2) is 7.72. The Labute approximate surface area is 164 Å². The van der Waals surface area contributed by atoms with Crippen LogP contribution in [0, 0.1) is 0 Å². The summed E-state index contributed by atoms with van der Waals surface area (Å²) in [6.07, 6.45) is 1.31. The number of morpholine rings is 1. The van der Waals surface area contributed by atoms with E-state index in [1.165, 1.54) is 17.2 Å². The van der Waals surface area contributed by atoms with Crippen LogP contribution in [0.5, 0.6) is 17.2 Å². The molecule has 0 saturated carbocycles. The van der Waals surface area contributed by atoms with E-state index >= 15 is 0 Å². The minimum Gasteiger partial charge on any atom is -0.507 e. The van der Waals surface area contributed by atoms with Crippen LogP contribution in [0.2, 0.25) is 0 Å². The molecule has 4 rings (SSSR count). The van der Waals surface area contributed by atoms with Gasteiger partial charge < -0.3 is 23.9 Å². The third kappa shape index (κ3) is 3.71. The Morgan fingerprint density at radius 1 is 1.11 bits per heavy atom. The molecule has 0 radical (unpaired) electrons. The summed E-state index contributed by atoms with van der Waals surface area (Å²) in [7, 11) is 0. The molecule has 2 heterocycles. The molecular formula is C20H19BrNO5+. The Morgan fingerprint density at radius 2 is 1.89 bits per heavy atom. The van der Waals surface area contributed by atoms with Crippen molar-refractivity contribution in [3.05, 3.63) is 62.9 Å². The quantitative estimate of drug-likeness (QED) is 0.662. The van der Waals surface area contributed by atoms with Crippen molar-refractivity contribution < 1.29 is 23.9 Å². The third-order valence-electron chi connectivity index (χ3n) is 4.67. The molecule has 27 heavy (non-hydrogen) atoms. The number of nitrogens with one attached hydrogen (secondary N) is 1. The van der Waals surface area contributed by atoms with E-state index in [0.29, 0.717) is 42.0 Å². The zero-order chi connectivity index (χ0) is 18.8. The highest BCUT2D eigenvalue weighted by atomic mass is 79.9. The Morgan fingerprint density at radius 3 is 2.67 bits per heavy atom. The van der Waals surface area contributed by atoms with E-state index in [4.69, 9.17) is 13.9 Å². The Hall–Kier alpha value is -2.35. The van der Waals surface area contributed by atoms with Gasteiger partial charge in [0.25, 0.3) is 0 Å². The molecule has 1 saturated heterocycles. The lowest BCUT2D eigenvalue weighted by Crippen LogP contribution is -3.12. The number of phenolic OH excluding ortho intramolecular Hbond substituents is 1. The number of benzene rings is 2. The Kier molecular flexibility index (Phi) is 5.15. The van der Waals surface area contributed by atoms with Gasteiger partial charge in [0.1, 0.15) is 37.4 Å². The second-order valence-corrected chi connectivity index (χ2v) is 7.29. The van der Waals surface area contributed by atoms with E-state index in [-0.39, 0.29) is 16.9 Å². The molecule has 2 aromatic carbocycles. The predicted octanol–water partition coefficient (Wildman–Crippen LogP) is 2.47. The van der Waals surface area contributed by atoms with Crippen molar-refractivity contribution in [2.45, 2.75) is 6.54 Å². The summed E-state index contributed by atoms with van der Waals surface area (Å²) in [6.45, 7) is 3.65. The number of quaternary nitrogens is 1. The highest BCUT2D eigenvalue weighted by molar-refractivity contribution is 9.10. The molecule has 0 bridgehead atoms. The molecule has 7 heteroatoms. The summed E-state index contributed by atoms with van der Waals surface area (Å²) < 4.78 is 17.6. The smallest absolute Gasteiger partial charge is 0.235 e. The minimum atomic E-state index is -0.273. The predicted molar refractivity (Wildman–Crippen MR) is 104 cm³/mol. The van der Waals surface area contributed by atoms with Crippen molar-refractivity contribution in [3.8, 4) is 17.2 Å². The first-order valence-electron chi connectivity index (χ1n) is 8.73. The monoisotopic (exact) mass is 432 g/mol. The number of hydrogen-bond donors (Lipinski definition) is 2. The van der Waals surface area contributed by atoms with Crippen molar-refractivity contribution in [2.24, 2.45) is 0 Å². The first kappa shape index (κ1) is 18.0. The number of aromatic hydroxyl groups is 1. The van der Waals surface area contributed by atoms with Crippen LogP contribution in [0.3, 0.4) is 0 Å². The minimum absolute atomic E-state index is 0.102. The van der Waals surface area contributed by atoms with Gasteiger partial charge in [-0.25, -0.2) is 0 Å². The van der Waals surface area contributed by atoms with Crippen molar-refractivity contribution in [3.63, 3.8) is 0 Å². The van der Waals surface area contributed by atoms with Crippen LogP contribution >= 0.6 is 15.9 Å². The number of halogens is 1. The lowest BCUT2D eigenvalue weighted by Gasteiger charge is -2.24. The van der Waals surface area contributed by atoms with Gasteiger partial charge in [0, 0.05) is 0 Å². The number of hydrogen-bond acceptors (Lipinski definition) is 5. The number of phenols is 1. The van der Waals surface area contributed by atoms with Crippen LogP contribution in [-0.4, -0.2) is 31.4 Å². The summed E-state index contributed by atoms with van der Waals surface area (Å²) in [4.78, 5) is 14.2. The number of fused-ring (bicyclic) bond motifs is 1. The first-order chi connectivity index (χ1) is 13.1. The molecule has 1 aliphatic heterocycles. The lowest BCUT2D eigenvalue weighted by molar-refractivity contribution is -0.921. The van der Waals surface area contributed by atoms with Gasteiger partial charge in [-0.05, 0) is 40.2 Å². The average molecular weight is 433 g/mol. The molecule has 0 aliphatic carbocycles. The number of ether oxygens (including phenoxy) is 2. The zero-order valence-corrected chi connectivity index (χ0v) is 16.1. The van der Waals surface area contributed by atoms with Gasteiger partial charge in [-0.2, -0.15) is 0 Å². The maximum absolute atomic E-state index is 12.9. The van der Waals surface area contributed by atoms with Crippen LogP contribution in [0.25, 0.3) is 11.0 Å². The van der Waals surface area contributed by atoms with Crippen molar-refractivity contribution in [1.82, 2.24) is 0 Å². The van der Waals surface area contributed by atoms with Crippen molar-refractivity contribution in [1.29, 1.82) is 0 Å². The zero-order valence-electron chi connectivity index (χ0n) is 14.5. The number of para-hydroxylation sites is 1. The van der Waals surface area contributed by atoms with Crippen LogP contribution in [-0.2, 0) is 11.3 Å². The van der Waals surface area contributed by atoms with E-state index in [9.17, 15) is 9.90 Å². The molecule has 0 unspecified atom stereocenters. The van der Waals surface area contributed by atoms with Crippen LogP contribution in [0.15, 0.2) is 56.3 Å². The maximum Gasteiger partial charge on any atom is 0.235 e. The van der Waals surface area contributed by atoms with Crippen LogP contribution in [0.1, 0.15) is 5.56 Å². The van der Waals surface area contributed by atoms with Gasteiger partial charge in [0.2, 0.25) is 11.2 Å². The normalized spacial score (nSPS) is 15.1. The molecule has 2 N–H and O–H groups in total. The van der Waals surface area contributed by atoms with E-state index in [2.05, 4.69) is 15.9 Å². The molecule has 1 aliphatic rings. The Bertz CT molecular complexity index is 1030. The van der Waals surface area contributed by atoms with E-state index in [1.807, 2.05) is 18.2 Å². The lowest BCUT2D eigenvalue weighted by atomic mass is 10.1. The summed E-state index contributed by atoms with van der Waals surface area (Å²) in [6, 6.07) is 10.4. The second-order valence-electron chi connectivity index (χ2n) is 6.44. The van der Waals surface area contributed by atoms with Gasteiger partial charge in [0.15, 0.2) is 5.58 Å². The molecule has 1 fully saturated rings. The largest absolute Gasteiger partial charge is 0.507 e. The van der Waals surface area contributed by atoms with Gasteiger partial charge >= 0.3 is 0 Å². The van der Waals surface area contributed by atoms with Crippen LogP contribution < -0.4 is 15.1 Å². The van der Waals surface area contributed by atoms with Gasteiger partial charge in [0.05, 0.1) is 28.6 Å². The van der Waals surface area contributed by atoms with E-state index in [1.54, 1.807) is 12.1 Å². The van der Waals surface area contributed by atoms with Crippen LogP contribution in [0.4, 0.5) is 0 Å². The van der Waals surface area contributed by atoms with Gasteiger partial charge in [-0.15, -0.1) is 0 Å². The molecular weight excluding hydrogens is 414 g/mol. The van der Waals surface area contributed by atoms with Crippen molar-refractivity contribution in [2.75, 3.05) is 26.3 Å². The summed E-state index contributed by atoms with van der Waals surface area (Å²) in [5.41, 5.74) is 0.762. The maximum atomic E-state index is 12.9. The Balaban J connectivity index is 1.72. The highest BCUT2D eigenvalue weighted by Gasteiger charge is 2.21. The topological polar surface area (TPSA) is 73.3 Å². The SMILES string of the molecule is O=c1c(Oc2ccccc2Br)coc2c(C[NH+]3CCOCC3)c(O)ccc12. The molecule has 3 aromatic rings. The fourth-order valence-corrected chi connectivity index (χ4v) is 3.57. The molecule has 0 atom stereocenters. The molecule has 140 valence electrons. The molecule has 6 nitrogen and oxygen atoms in total. The van der Waals surface area contributed by atoms with E-state index < -0.39 is 0 Å². The standard InChI is InChI=1S/C20H18BrNO5/c21-15-3-1-2-4-17(15)27-18-12-26-20-13(19(18)24)5-6-16(23)14(20)11-22-7-9-25-10-8-22/h1-6,12,23H,7-11H2/p+1. The van der Waals surface area contributed by atoms with Gasteiger partial charge in [-0.3, -0.25) is 4.79 Å². The average Bonchev–Trinajstić information content (AvgIpc) is 2.68. The summed E-state index contributed by atoms with van der Waals surface area (Å²) in [5, 5.41) is 10.7. The number of rotatable bonds is 4. The third-order valence-corrected chi connectivity index (χ3v) is 5.33. The molecule has 0 spiro atoms. The summed E-state index contributed by atoms with van der Waals surface area (Å²) in [5.74, 6) is 0.759. The van der Waals surface area contributed by atoms with E-state index in [0.717, 1.165) is 17.6 Å².